The highest BCUT2D eigenvalue weighted by molar-refractivity contribution is 5.71. The fraction of sp³-hybridized carbons (Fsp3) is 0.578. The lowest BCUT2D eigenvalue weighted by Gasteiger charge is -2.18. The van der Waals surface area contributed by atoms with E-state index < -0.39 is 6.10 Å². The number of carbonyl (C=O) groups is 3. The lowest BCUT2D eigenvalue weighted by Crippen LogP contribution is -2.30. The van der Waals surface area contributed by atoms with E-state index in [1.165, 1.54) is 38.5 Å². The van der Waals surface area contributed by atoms with E-state index in [2.05, 4.69) is 154 Å². The molecule has 0 rings (SSSR count). The van der Waals surface area contributed by atoms with Gasteiger partial charge in [-0.25, -0.2) is 0 Å². The minimum atomic E-state index is -0.827. The highest BCUT2D eigenvalue weighted by Crippen LogP contribution is 2.13. The van der Waals surface area contributed by atoms with Crippen LogP contribution in [-0.4, -0.2) is 37.2 Å². The van der Waals surface area contributed by atoms with Gasteiger partial charge in [-0.2, -0.15) is 0 Å². The fourth-order valence-corrected chi connectivity index (χ4v) is 7.03. The quantitative estimate of drug-likeness (QED) is 0.0262. The largest absolute Gasteiger partial charge is 0.462 e. The van der Waals surface area contributed by atoms with Gasteiger partial charge in [0, 0.05) is 19.3 Å². The van der Waals surface area contributed by atoms with E-state index >= 15 is 0 Å². The Morgan fingerprint density at radius 2 is 0.543 bits per heavy atom. The van der Waals surface area contributed by atoms with Gasteiger partial charge in [-0.15, -0.1) is 0 Å². The summed E-state index contributed by atoms with van der Waals surface area (Å²) in [5.74, 6) is -1.03. The number of hydrogen-bond donors (Lipinski definition) is 0. The third-order valence-corrected chi connectivity index (χ3v) is 11.1. The van der Waals surface area contributed by atoms with Crippen LogP contribution in [0.3, 0.4) is 0 Å². The summed E-state index contributed by atoms with van der Waals surface area (Å²) in [5.41, 5.74) is 0. The Labute approximate surface area is 429 Å². The summed E-state index contributed by atoms with van der Waals surface area (Å²) in [6.45, 7) is 6.21. The number of allylic oxidation sites excluding steroid dienone is 24. The van der Waals surface area contributed by atoms with Crippen LogP contribution < -0.4 is 0 Å². The molecule has 70 heavy (non-hydrogen) atoms. The summed E-state index contributed by atoms with van der Waals surface area (Å²) in [7, 11) is 0. The van der Waals surface area contributed by atoms with E-state index in [1.54, 1.807) is 0 Å². The van der Waals surface area contributed by atoms with Crippen LogP contribution in [0.5, 0.6) is 0 Å². The van der Waals surface area contributed by atoms with Crippen molar-refractivity contribution >= 4 is 17.9 Å². The van der Waals surface area contributed by atoms with Gasteiger partial charge in [0.25, 0.3) is 0 Å². The molecule has 0 aliphatic carbocycles. The summed E-state index contributed by atoms with van der Waals surface area (Å²) in [4.78, 5) is 38.1. The standard InChI is InChI=1S/C64H100O6/c1-4-7-10-13-16-19-22-25-28-30-32-34-36-39-42-45-48-51-54-57-63(66)69-60-61(59-68-62(65)56-53-50-47-44-41-38-27-24-21-18-15-12-9-6-3)70-64(67)58-55-52-49-46-43-40-37-35-33-31-29-26-23-20-17-14-11-8-5-2/h7-12,16-21,25-26,28-29,32-35,39,42,48,51,61H,4-6,13-15,22-24,27,30-31,36-38,40-41,43-47,49-50,52-60H2,1-3H3/b10-7-,11-8-,12-9-,19-16-,20-17-,21-18-,28-25-,29-26-,34-32-,35-33-,42-39-,51-48-. The van der Waals surface area contributed by atoms with Crippen molar-refractivity contribution in [2.24, 2.45) is 0 Å². The number of ether oxygens (including phenoxy) is 3. The number of rotatable bonds is 48. The average Bonchev–Trinajstić information content (AvgIpc) is 3.36. The molecule has 0 amide bonds. The molecule has 1 unspecified atom stereocenters. The molecule has 0 aromatic heterocycles. The highest BCUT2D eigenvalue weighted by Gasteiger charge is 2.19. The molecule has 6 heteroatoms. The van der Waals surface area contributed by atoms with Crippen LogP contribution in [-0.2, 0) is 28.6 Å². The maximum atomic E-state index is 12.9. The molecule has 0 aromatic carbocycles. The van der Waals surface area contributed by atoms with Crippen LogP contribution in [0.25, 0.3) is 0 Å². The van der Waals surface area contributed by atoms with Crippen molar-refractivity contribution in [2.45, 2.75) is 226 Å². The van der Waals surface area contributed by atoms with E-state index in [-0.39, 0.29) is 44.0 Å². The summed E-state index contributed by atoms with van der Waals surface area (Å²) < 4.78 is 16.8. The number of hydrogen-bond acceptors (Lipinski definition) is 6. The third kappa shape index (κ3) is 54.2. The summed E-state index contributed by atoms with van der Waals surface area (Å²) in [6.07, 6.45) is 81.3. The van der Waals surface area contributed by atoms with Crippen molar-refractivity contribution < 1.29 is 28.6 Å². The molecule has 0 N–H and O–H groups in total. The summed E-state index contributed by atoms with van der Waals surface area (Å²) in [5, 5.41) is 0. The van der Waals surface area contributed by atoms with Crippen LogP contribution in [0.2, 0.25) is 0 Å². The molecular weight excluding hydrogens is 865 g/mol. The Morgan fingerprint density at radius 3 is 0.886 bits per heavy atom. The van der Waals surface area contributed by atoms with E-state index in [0.29, 0.717) is 12.8 Å². The fourth-order valence-electron chi connectivity index (χ4n) is 7.03. The van der Waals surface area contributed by atoms with Gasteiger partial charge in [0.15, 0.2) is 6.10 Å². The minimum absolute atomic E-state index is 0.117. The van der Waals surface area contributed by atoms with Gasteiger partial charge in [-0.3, -0.25) is 14.4 Å². The first-order valence-electron chi connectivity index (χ1n) is 27.8. The van der Waals surface area contributed by atoms with Gasteiger partial charge in [-0.05, 0) is 122 Å². The van der Waals surface area contributed by atoms with Gasteiger partial charge in [0.05, 0.1) is 0 Å². The zero-order valence-electron chi connectivity index (χ0n) is 44.7. The molecule has 0 bridgehead atoms. The van der Waals surface area contributed by atoms with Crippen molar-refractivity contribution in [1.29, 1.82) is 0 Å². The first-order chi connectivity index (χ1) is 34.5. The molecule has 0 radical (unpaired) electrons. The van der Waals surface area contributed by atoms with Crippen LogP contribution in [0.1, 0.15) is 220 Å². The molecule has 6 nitrogen and oxygen atoms in total. The molecule has 1 atom stereocenters. The van der Waals surface area contributed by atoms with E-state index in [4.69, 9.17) is 14.2 Å². The van der Waals surface area contributed by atoms with Crippen molar-refractivity contribution in [3.05, 3.63) is 146 Å². The minimum Gasteiger partial charge on any atom is -0.462 e. The van der Waals surface area contributed by atoms with Crippen LogP contribution in [0.15, 0.2) is 146 Å². The topological polar surface area (TPSA) is 78.9 Å². The number of esters is 3. The SMILES string of the molecule is CC/C=C\C/C=C\C/C=C\C/C=C\C/C=C\C/C=C\CCC(=O)OCC(COC(=O)CCCCCCCCC/C=C\C/C=C\CC)OC(=O)CCCCCCCC/C=C\C/C=C\C/C=C\C/C=C\CC. The maximum absolute atomic E-state index is 12.9. The zero-order chi connectivity index (χ0) is 50.7. The Hall–Kier alpha value is -4.71. The van der Waals surface area contributed by atoms with Gasteiger partial charge >= 0.3 is 17.9 Å². The molecule has 0 saturated carbocycles. The monoisotopic (exact) mass is 965 g/mol. The summed E-state index contributed by atoms with van der Waals surface area (Å²) >= 11 is 0. The van der Waals surface area contributed by atoms with Crippen molar-refractivity contribution in [1.82, 2.24) is 0 Å². The average molecular weight is 965 g/mol. The molecule has 0 aliphatic heterocycles. The number of unbranched alkanes of at least 4 members (excludes halogenated alkanes) is 13. The molecule has 0 fully saturated rings. The smallest absolute Gasteiger partial charge is 0.306 e. The van der Waals surface area contributed by atoms with Crippen molar-refractivity contribution in [3.63, 3.8) is 0 Å². The molecular formula is C64H100O6. The molecule has 0 spiro atoms. The lowest BCUT2D eigenvalue weighted by molar-refractivity contribution is -0.166. The van der Waals surface area contributed by atoms with Crippen LogP contribution in [0, 0.1) is 0 Å². The van der Waals surface area contributed by atoms with Gasteiger partial charge in [0.1, 0.15) is 13.2 Å². The first kappa shape index (κ1) is 65.3. The Balaban J connectivity index is 4.56. The second-order valence-corrected chi connectivity index (χ2v) is 17.7. The Morgan fingerprint density at radius 1 is 0.286 bits per heavy atom. The van der Waals surface area contributed by atoms with Crippen molar-refractivity contribution in [2.75, 3.05) is 13.2 Å². The van der Waals surface area contributed by atoms with Crippen LogP contribution in [0.4, 0.5) is 0 Å². The highest BCUT2D eigenvalue weighted by atomic mass is 16.6. The first-order valence-corrected chi connectivity index (χ1v) is 27.8. The second kappa shape index (κ2) is 56.9. The molecule has 0 aromatic rings. The van der Waals surface area contributed by atoms with Gasteiger partial charge in [-0.1, -0.05) is 224 Å². The Kier molecular flexibility index (Phi) is 53.0. The van der Waals surface area contributed by atoms with Gasteiger partial charge < -0.3 is 14.2 Å². The Bertz CT molecular complexity index is 1580. The maximum Gasteiger partial charge on any atom is 0.306 e. The normalized spacial score (nSPS) is 13.2. The molecule has 0 heterocycles. The third-order valence-electron chi connectivity index (χ3n) is 11.1. The lowest BCUT2D eigenvalue weighted by atomic mass is 10.1. The summed E-state index contributed by atoms with van der Waals surface area (Å²) in [6, 6.07) is 0. The van der Waals surface area contributed by atoms with Crippen molar-refractivity contribution in [3.8, 4) is 0 Å². The van der Waals surface area contributed by atoms with E-state index in [1.807, 2.05) is 12.2 Å². The van der Waals surface area contributed by atoms with E-state index in [9.17, 15) is 14.4 Å². The zero-order valence-corrected chi connectivity index (χ0v) is 44.7. The second-order valence-electron chi connectivity index (χ2n) is 17.7. The molecule has 0 aliphatic rings. The molecule has 0 saturated heterocycles. The van der Waals surface area contributed by atoms with E-state index in [0.717, 1.165) is 135 Å². The van der Waals surface area contributed by atoms with Gasteiger partial charge in [0.2, 0.25) is 0 Å². The van der Waals surface area contributed by atoms with Crippen LogP contribution >= 0.6 is 0 Å². The predicted octanol–water partition coefficient (Wildman–Crippen LogP) is 18.8. The predicted molar refractivity (Wildman–Crippen MR) is 302 cm³/mol. The molecule has 392 valence electrons. The number of carbonyl (C=O) groups excluding carboxylic acids is 3.